The highest BCUT2D eigenvalue weighted by atomic mass is 19.3. The standard InChI is InChI=1S/C12H24F2N2O/c13-12(14)9-16(6-7-17)8-10-4-2-1-3-5-11(10)15/h10-12,17H,1-9,15H2. The Hall–Kier alpha value is -0.260. The summed E-state index contributed by atoms with van der Waals surface area (Å²) in [6.07, 6.45) is 3.15. The van der Waals surface area contributed by atoms with Crippen LogP contribution in [0.1, 0.15) is 32.1 Å². The van der Waals surface area contributed by atoms with Gasteiger partial charge in [-0.3, -0.25) is 4.90 Å². The van der Waals surface area contributed by atoms with Gasteiger partial charge in [-0.25, -0.2) is 8.78 Å². The fourth-order valence-corrected chi connectivity index (χ4v) is 2.57. The Morgan fingerprint density at radius 2 is 1.94 bits per heavy atom. The number of halogens is 2. The van der Waals surface area contributed by atoms with Gasteiger partial charge in [0.2, 0.25) is 0 Å². The van der Waals surface area contributed by atoms with Crippen LogP contribution in [0.15, 0.2) is 0 Å². The van der Waals surface area contributed by atoms with Crippen molar-refractivity contribution >= 4 is 0 Å². The van der Waals surface area contributed by atoms with Crippen LogP contribution in [0.5, 0.6) is 0 Å². The van der Waals surface area contributed by atoms with E-state index in [1.807, 2.05) is 0 Å². The quantitative estimate of drug-likeness (QED) is 0.702. The minimum atomic E-state index is -2.34. The highest BCUT2D eigenvalue weighted by Gasteiger charge is 2.23. The Balaban J connectivity index is 2.45. The van der Waals surface area contributed by atoms with Crippen molar-refractivity contribution in [3.63, 3.8) is 0 Å². The van der Waals surface area contributed by atoms with Crippen LogP contribution in [0.4, 0.5) is 8.78 Å². The van der Waals surface area contributed by atoms with Gasteiger partial charge in [-0.1, -0.05) is 19.3 Å². The molecule has 0 spiro atoms. The Labute approximate surface area is 102 Å². The number of nitrogens with two attached hydrogens (primary N) is 1. The summed E-state index contributed by atoms with van der Waals surface area (Å²) in [5, 5.41) is 8.88. The molecule has 5 heteroatoms. The lowest BCUT2D eigenvalue weighted by atomic mass is 9.95. The summed E-state index contributed by atoms with van der Waals surface area (Å²) in [6.45, 7) is 0.568. The summed E-state index contributed by atoms with van der Waals surface area (Å²) in [5.74, 6) is 0.294. The first-order valence-corrected chi connectivity index (χ1v) is 6.50. The lowest BCUT2D eigenvalue weighted by molar-refractivity contribution is 0.0664. The zero-order valence-electron chi connectivity index (χ0n) is 10.3. The maximum absolute atomic E-state index is 12.4. The molecule has 0 bridgehead atoms. The summed E-state index contributed by atoms with van der Waals surface area (Å²) in [6, 6.07) is 0.122. The van der Waals surface area contributed by atoms with Gasteiger partial charge in [0, 0.05) is 19.1 Å². The van der Waals surface area contributed by atoms with E-state index < -0.39 is 6.43 Å². The molecule has 1 aliphatic rings. The van der Waals surface area contributed by atoms with Gasteiger partial charge in [0.1, 0.15) is 0 Å². The number of aliphatic hydroxyl groups is 1. The number of hydrogen-bond acceptors (Lipinski definition) is 3. The molecule has 0 heterocycles. The zero-order valence-corrected chi connectivity index (χ0v) is 10.3. The van der Waals surface area contributed by atoms with Gasteiger partial charge >= 0.3 is 0 Å². The molecule has 1 rings (SSSR count). The summed E-state index contributed by atoms with van der Waals surface area (Å²) in [7, 11) is 0. The van der Waals surface area contributed by atoms with Crippen molar-refractivity contribution in [1.82, 2.24) is 4.90 Å². The Morgan fingerprint density at radius 1 is 1.24 bits per heavy atom. The molecule has 0 aromatic heterocycles. The molecule has 1 fully saturated rings. The predicted octanol–water partition coefficient (Wildman–Crippen LogP) is 1.45. The third-order valence-corrected chi connectivity index (χ3v) is 3.52. The molecule has 1 aliphatic carbocycles. The molecular formula is C12H24F2N2O. The molecule has 0 aliphatic heterocycles. The molecule has 0 amide bonds. The van der Waals surface area contributed by atoms with E-state index in [9.17, 15) is 8.78 Å². The van der Waals surface area contributed by atoms with Crippen molar-refractivity contribution in [1.29, 1.82) is 0 Å². The molecule has 3 N–H and O–H groups in total. The van der Waals surface area contributed by atoms with E-state index in [2.05, 4.69) is 0 Å². The second-order valence-electron chi connectivity index (χ2n) is 4.94. The number of hydrogen-bond donors (Lipinski definition) is 2. The molecule has 0 aromatic carbocycles. The van der Waals surface area contributed by atoms with Gasteiger partial charge in [0.25, 0.3) is 6.43 Å². The number of rotatable bonds is 6. The molecule has 0 radical (unpaired) electrons. The monoisotopic (exact) mass is 250 g/mol. The second-order valence-corrected chi connectivity index (χ2v) is 4.94. The number of nitrogens with zero attached hydrogens (tertiary/aromatic N) is 1. The third kappa shape index (κ3) is 5.75. The van der Waals surface area contributed by atoms with Crippen LogP contribution in [-0.2, 0) is 0 Å². The lowest BCUT2D eigenvalue weighted by Gasteiger charge is -2.29. The highest BCUT2D eigenvalue weighted by molar-refractivity contribution is 4.79. The van der Waals surface area contributed by atoms with E-state index in [0.717, 1.165) is 25.7 Å². The topological polar surface area (TPSA) is 49.5 Å². The van der Waals surface area contributed by atoms with Crippen LogP contribution in [0, 0.1) is 5.92 Å². The number of aliphatic hydroxyl groups excluding tert-OH is 1. The van der Waals surface area contributed by atoms with Crippen LogP contribution in [-0.4, -0.2) is 48.7 Å². The van der Waals surface area contributed by atoms with E-state index in [1.165, 1.54) is 6.42 Å². The summed E-state index contributed by atoms with van der Waals surface area (Å²) in [4.78, 5) is 1.64. The maximum atomic E-state index is 12.4. The summed E-state index contributed by atoms with van der Waals surface area (Å²) < 4.78 is 24.8. The van der Waals surface area contributed by atoms with E-state index in [1.54, 1.807) is 4.90 Å². The van der Waals surface area contributed by atoms with E-state index in [4.69, 9.17) is 10.8 Å². The van der Waals surface area contributed by atoms with Crippen LogP contribution in [0.2, 0.25) is 0 Å². The molecular weight excluding hydrogens is 226 g/mol. The SMILES string of the molecule is NC1CCCCCC1CN(CCO)CC(F)F. The first kappa shape index (κ1) is 14.8. The largest absolute Gasteiger partial charge is 0.395 e. The van der Waals surface area contributed by atoms with Gasteiger partial charge in [-0.15, -0.1) is 0 Å². The van der Waals surface area contributed by atoms with Crippen LogP contribution in [0.25, 0.3) is 0 Å². The van der Waals surface area contributed by atoms with Crippen molar-refractivity contribution in [2.45, 2.75) is 44.6 Å². The maximum Gasteiger partial charge on any atom is 0.251 e. The smallest absolute Gasteiger partial charge is 0.251 e. The lowest BCUT2D eigenvalue weighted by Crippen LogP contribution is -2.41. The Morgan fingerprint density at radius 3 is 2.59 bits per heavy atom. The van der Waals surface area contributed by atoms with E-state index >= 15 is 0 Å². The second kappa shape index (κ2) is 7.95. The molecule has 3 nitrogen and oxygen atoms in total. The normalized spacial score (nSPS) is 26.5. The van der Waals surface area contributed by atoms with Crippen molar-refractivity contribution in [2.24, 2.45) is 11.7 Å². The fraction of sp³-hybridized carbons (Fsp3) is 1.00. The van der Waals surface area contributed by atoms with Crippen molar-refractivity contribution < 1.29 is 13.9 Å². The first-order valence-electron chi connectivity index (χ1n) is 6.50. The molecule has 0 aromatic rings. The highest BCUT2D eigenvalue weighted by Crippen LogP contribution is 2.23. The average molecular weight is 250 g/mol. The predicted molar refractivity (Wildman–Crippen MR) is 64.1 cm³/mol. The molecule has 0 saturated heterocycles. The molecule has 102 valence electrons. The minimum absolute atomic E-state index is 0.0747. The minimum Gasteiger partial charge on any atom is -0.395 e. The first-order chi connectivity index (χ1) is 8.13. The molecule has 17 heavy (non-hydrogen) atoms. The van der Waals surface area contributed by atoms with Crippen LogP contribution >= 0.6 is 0 Å². The zero-order chi connectivity index (χ0) is 12.7. The average Bonchev–Trinajstić information content (AvgIpc) is 2.44. The third-order valence-electron chi connectivity index (χ3n) is 3.52. The van der Waals surface area contributed by atoms with Crippen molar-refractivity contribution in [3.05, 3.63) is 0 Å². The van der Waals surface area contributed by atoms with Crippen LogP contribution in [0.3, 0.4) is 0 Å². The van der Waals surface area contributed by atoms with Crippen molar-refractivity contribution in [3.8, 4) is 0 Å². The van der Waals surface area contributed by atoms with Gasteiger partial charge in [-0.2, -0.15) is 0 Å². The van der Waals surface area contributed by atoms with Gasteiger partial charge in [0.05, 0.1) is 13.2 Å². The molecule has 1 saturated carbocycles. The Bertz CT molecular complexity index is 205. The van der Waals surface area contributed by atoms with Crippen LogP contribution < -0.4 is 5.73 Å². The molecule has 2 atom stereocenters. The fourth-order valence-electron chi connectivity index (χ4n) is 2.57. The summed E-state index contributed by atoms with van der Waals surface area (Å²) in [5.41, 5.74) is 6.08. The van der Waals surface area contributed by atoms with Crippen molar-refractivity contribution in [2.75, 3.05) is 26.2 Å². The summed E-state index contributed by atoms with van der Waals surface area (Å²) >= 11 is 0. The van der Waals surface area contributed by atoms with Gasteiger partial charge in [0.15, 0.2) is 0 Å². The Kier molecular flexibility index (Phi) is 6.92. The van der Waals surface area contributed by atoms with E-state index in [-0.39, 0.29) is 19.2 Å². The van der Waals surface area contributed by atoms with Gasteiger partial charge in [-0.05, 0) is 18.8 Å². The number of alkyl halides is 2. The van der Waals surface area contributed by atoms with Gasteiger partial charge < -0.3 is 10.8 Å². The van der Waals surface area contributed by atoms with E-state index in [0.29, 0.717) is 19.0 Å². The molecule has 2 unspecified atom stereocenters.